The molecule has 3 heterocycles. The lowest BCUT2D eigenvalue weighted by molar-refractivity contribution is 0.444. The van der Waals surface area contributed by atoms with Crippen molar-refractivity contribution in [2.24, 2.45) is 5.92 Å². The Morgan fingerprint density at radius 1 is 1.39 bits per heavy atom. The lowest BCUT2D eigenvalue weighted by atomic mass is 9.99. The summed E-state index contributed by atoms with van der Waals surface area (Å²) in [5.41, 5.74) is 0.813. The molecule has 1 aliphatic rings. The zero-order valence-corrected chi connectivity index (χ0v) is 11.3. The summed E-state index contributed by atoms with van der Waals surface area (Å²) < 4.78 is 1.96. The maximum Gasteiger partial charge on any atom is 0.203 e. The average molecular weight is 266 g/mol. The molecular weight excluding hydrogens is 250 g/mol. The Balaban J connectivity index is 1.99. The Bertz CT molecular complexity index is 567. The second kappa shape index (κ2) is 4.39. The smallest absolute Gasteiger partial charge is 0.203 e. The highest BCUT2D eigenvalue weighted by Gasteiger charge is 2.26. The topological polar surface area (TPSA) is 46.3 Å². The Labute approximate surface area is 111 Å². The third-order valence-electron chi connectivity index (χ3n) is 3.64. The summed E-state index contributed by atoms with van der Waals surface area (Å²) in [6, 6.07) is 0. The van der Waals surface area contributed by atoms with Crippen molar-refractivity contribution in [3.05, 3.63) is 18.2 Å². The average Bonchev–Trinajstić information content (AvgIpc) is 2.75. The summed E-state index contributed by atoms with van der Waals surface area (Å²) in [7, 11) is 0. The predicted octanol–water partition coefficient (Wildman–Crippen LogP) is 1.89. The van der Waals surface area contributed by atoms with Gasteiger partial charge in [-0.2, -0.15) is 0 Å². The first-order valence-electron chi connectivity index (χ1n) is 6.22. The number of hydrogen-bond acceptors (Lipinski definition) is 4. The third kappa shape index (κ3) is 1.82. The number of halogens is 1. The Hall–Kier alpha value is -1.36. The number of aryl methyl sites for hydroxylation is 1. The molecule has 6 heteroatoms. The van der Waals surface area contributed by atoms with E-state index in [2.05, 4.69) is 27.0 Å². The number of piperidine rings is 1. The highest BCUT2D eigenvalue weighted by molar-refractivity contribution is 6.21. The van der Waals surface area contributed by atoms with Crippen LogP contribution in [0.15, 0.2) is 12.4 Å². The van der Waals surface area contributed by atoms with Gasteiger partial charge in [-0.1, -0.05) is 6.92 Å². The van der Waals surface area contributed by atoms with Crippen LogP contribution < -0.4 is 4.90 Å². The molecule has 2 unspecified atom stereocenters. The van der Waals surface area contributed by atoms with Crippen LogP contribution in [0.1, 0.15) is 19.2 Å². The molecule has 0 N–H and O–H groups in total. The van der Waals surface area contributed by atoms with Gasteiger partial charge in [0.15, 0.2) is 5.82 Å². The zero-order valence-electron chi connectivity index (χ0n) is 10.5. The van der Waals surface area contributed by atoms with E-state index >= 15 is 0 Å². The molecular formula is C12H16ClN5. The molecule has 0 spiro atoms. The van der Waals surface area contributed by atoms with Gasteiger partial charge in [0.1, 0.15) is 5.82 Å². The molecule has 1 fully saturated rings. The van der Waals surface area contributed by atoms with Crippen LogP contribution in [-0.4, -0.2) is 38.0 Å². The molecule has 2 aromatic heterocycles. The van der Waals surface area contributed by atoms with Crippen LogP contribution in [0.5, 0.6) is 0 Å². The van der Waals surface area contributed by atoms with Crippen LogP contribution in [0.4, 0.5) is 5.82 Å². The van der Waals surface area contributed by atoms with Crippen molar-refractivity contribution in [3.63, 3.8) is 0 Å². The fraction of sp³-hybridized carbons (Fsp3) is 0.583. The van der Waals surface area contributed by atoms with Gasteiger partial charge in [0.25, 0.3) is 0 Å². The van der Waals surface area contributed by atoms with Crippen LogP contribution >= 0.6 is 11.6 Å². The molecule has 1 aliphatic heterocycles. The monoisotopic (exact) mass is 265 g/mol. The van der Waals surface area contributed by atoms with Crippen LogP contribution in [0, 0.1) is 12.8 Å². The molecule has 1 saturated heterocycles. The quantitative estimate of drug-likeness (QED) is 0.739. The van der Waals surface area contributed by atoms with Crippen molar-refractivity contribution in [2.45, 2.75) is 25.6 Å². The maximum absolute atomic E-state index is 6.36. The van der Waals surface area contributed by atoms with Crippen LogP contribution in [0.2, 0.25) is 0 Å². The van der Waals surface area contributed by atoms with Crippen molar-refractivity contribution in [3.8, 4) is 0 Å². The van der Waals surface area contributed by atoms with Gasteiger partial charge >= 0.3 is 0 Å². The minimum Gasteiger partial charge on any atom is -0.352 e. The number of alkyl halides is 1. The summed E-state index contributed by atoms with van der Waals surface area (Å²) in [5, 5.41) is 8.47. The van der Waals surface area contributed by atoms with Gasteiger partial charge in [-0.25, -0.2) is 4.98 Å². The molecule has 0 aromatic carbocycles. The number of hydrogen-bond donors (Lipinski definition) is 0. The van der Waals surface area contributed by atoms with Crippen LogP contribution in [-0.2, 0) is 0 Å². The molecule has 5 nitrogen and oxygen atoms in total. The van der Waals surface area contributed by atoms with Gasteiger partial charge in [0.2, 0.25) is 5.65 Å². The minimum atomic E-state index is 0.171. The van der Waals surface area contributed by atoms with Gasteiger partial charge < -0.3 is 4.90 Å². The first-order valence-corrected chi connectivity index (χ1v) is 6.66. The number of aromatic nitrogens is 4. The maximum atomic E-state index is 6.36. The van der Waals surface area contributed by atoms with Gasteiger partial charge in [0, 0.05) is 25.5 Å². The molecule has 2 atom stereocenters. The van der Waals surface area contributed by atoms with Gasteiger partial charge in [-0.3, -0.25) is 4.40 Å². The van der Waals surface area contributed by atoms with E-state index in [1.54, 1.807) is 6.20 Å². The Morgan fingerprint density at radius 2 is 2.22 bits per heavy atom. The first-order chi connectivity index (χ1) is 8.66. The lowest BCUT2D eigenvalue weighted by Gasteiger charge is -2.34. The van der Waals surface area contributed by atoms with E-state index < -0.39 is 0 Å². The lowest BCUT2D eigenvalue weighted by Crippen LogP contribution is -2.41. The van der Waals surface area contributed by atoms with E-state index in [1.165, 1.54) is 0 Å². The van der Waals surface area contributed by atoms with Crippen molar-refractivity contribution in [2.75, 3.05) is 18.0 Å². The van der Waals surface area contributed by atoms with E-state index in [9.17, 15) is 0 Å². The molecule has 2 aromatic rings. The van der Waals surface area contributed by atoms with Crippen LogP contribution in [0.25, 0.3) is 5.65 Å². The molecule has 0 bridgehead atoms. The molecule has 3 rings (SSSR count). The van der Waals surface area contributed by atoms with Gasteiger partial charge in [-0.15, -0.1) is 21.8 Å². The molecule has 0 saturated carbocycles. The fourth-order valence-electron chi connectivity index (χ4n) is 2.37. The largest absolute Gasteiger partial charge is 0.352 e. The SMILES string of the molecule is Cc1nnc2c(N3CCC(C)C(Cl)C3)nccn12. The summed E-state index contributed by atoms with van der Waals surface area (Å²) in [6.07, 6.45) is 4.77. The highest BCUT2D eigenvalue weighted by atomic mass is 35.5. The summed E-state index contributed by atoms with van der Waals surface area (Å²) in [6.45, 7) is 5.93. The predicted molar refractivity (Wildman–Crippen MR) is 71.2 cm³/mol. The van der Waals surface area contributed by atoms with Crippen molar-refractivity contribution < 1.29 is 0 Å². The van der Waals surface area contributed by atoms with Crippen molar-refractivity contribution in [1.82, 2.24) is 19.6 Å². The van der Waals surface area contributed by atoms with Gasteiger partial charge in [-0.05, 0) is 19.3 Å². The van der Waals surface area contributed by atoms with E-state index in [0.29, 0.717) is 5.92 Å². The van der Waals surface area contributed by atoms with Crippen LogP contribution in [0.3, 0.4) is 0 Å². The summed E-state index contributed by atoms with van der Waals surface area (Å²) in [5.74, 6) is 2.32. The first kappa shape index (κ1) is 11.7. The number of anilines is 1. The molecule has 0 aliphatic carbocycles. The van der Waals surface area contributed by atoms with E-state index in [-0.39, 0.29) is 5.38 Å². The molecule has 0 radical (unpaired) electrons. The summed E-state index contributed by atoms with van der Waals surface area (Å²) >= 11 is 6.36. The van der Waals surface area contributed by atoms with Crippen molar-refractivity contribution >= 4 is 23.1 Å². The second-order valence-electron chi connectivity index (χ2n) is 4.92. The fourth-order valence-corrected chi connectivity index (χ4v) is 2.66. The molecule has 0 amide bonds. The number of nitrogens with zero attached hydrogens (tertiary/aromatic N) is 5. The van der Waals surface area contributed by atoms with E-state index in [1.807, 2.05) is 17.5 Å². The van der Waals surface area contributed by atoms with E-state index in [0.717, 1.165) is 36.8 Å². The summed E-state index contributed by atoms with van der Waals surface area (Å²) in [4.78, 5) is 6.66. The minimum absolute atomic E-state index is 0.171. The van der Waals surface area contributed by atoms with E-state index in [4.69, 9.17) is 11.6 Å². The molecule has 96 valence electrons. The standard InChI is InChI=1S/C12H16ClN5/c1-8-3-5-17(7-10(8)13)11-12-16-15-9(2)18(12)6-4-14-11/h4,6,8,10H,3,5,7H2,1-2H3. The second-order valence-corrected chi connectivity index (χ2v) is 5.48. The number of fused-ring (bicyclic) bond motifs is 1. The third-order valence-corrected chi connectivity index (χ3v) is 4.21. The zero-order chi connectivity index (χ0) is 12.7. The Kier molecular flexibility index (Phi) is 2.86. The highest BCUT2D eigenvalue weighted by Crippen LogP contribution is 2.27. The Morgan fingerprint density at radius 3 is 3.00 bits per heavy atom. The number of rotatable bonds is 1. The normalized spacial score (nSPS) is 24.7. The van der Waals surface area contributed by atoms with Crippen molar-refractivity contribution in [1.29, 1.82) is 0 Å². The molecule has 18 heavy (non-hydrogen) atoms. The van der Waals surface area contributed by atoms with Gasteiger partial charge in [0.05, 0.1) is 5.38 Å².